The van der Waals surface area contributed by atoms with Gasteiger partial charge in [0.25, 0.3) is 0 Å². The largest absolute Gasteiger partial charge is 0.505 e. The third kappa shape index (κ3) is 4.14. The SMILES string of the molecule is NC(=O)NCCNCc1ccc(O)c(F)c1. The van der Waals surface area contributed by atoms with E-state index < -0.39 is 11.8 Å². The molecule has 0 radical (unpaired) electrons. The standard InChI is InChI=1S/C10H14FN3O2/c11-8-5-7(1-2-9(8)15)6-13-3-4-14-10(12)16/h1-2,5,13,15H,3-4,6H2,(H3,12,14,16). The summed E-state index contributed by atoms with van der Waals surface area (Å²) in [5.41, 5.74) is 5.58. The molecule has 0 saturated heterocycles. The number of hydrogen-bond donors (Lipinski definition) is 4. The molecule has 2 amide bonds. The molecule has 1 rings (SSSR count). The van der Waals surface area contributed by atoms with Gasteiger partial charge >= 0.3 is 6.03 Å². The molecule has 5 nitrogen and oxygen atoms in total. The Bertz CT molecular complexity index is 371. The number of halogens is 1. The number of nitrogens with one attached hydrogen (secondary N) is 2. The number of carbonyl (C=O) groups excluding carboxylic acids is 1. The summed E-state index contributed by atoms with van der Waals surface area (Å²) in [6.45, 7) is 1.40. The second-order valence-electron chi connectivity index (χ2n) is 3.25. The molecule has 0 atom stereocenters. The van der Waals surface area contributed by atoms with Crippen LogP contribution < -0.4 is 16.4 Å². The van der Waals surface area contributed by atoms with Gasteiger partial charge in [-0.25, -0.2) is 9.18 Å². The molecule has 0 saturated carbocycles. The smallest absolute Gasteiger partial charge is 0.312 e. The highest BCUT2D eigenvalue weighted by atomic mass is 19.1. The average molecular weight is 227 g/mol. The molecule has 0 aromatic heterocycles. The summed E-state index contributed by atoms with van der Waals surface area (Å²) in [6.07, 6.45) is 0. The van der Waals surface area contributed by atoms with Crippen LogP contribution >= 0.6 is 0 Å². The Morgan fingerprint density at radius 3 is 2.81 bits per heavy atom. The highest BCUT2D eigenvalue weighted by Crippen LogP contribution is 2.15. The summed E-state index contributed by atoms with van der Waals surface area (Å²) in [7, 11) is 0. The molecule has 6 heteroatoms. The number of aromatic hydroxyl groups is 1. The molecule has 0 spiro atoms. The first-order valence-electron chi connectivity index (χ1n) is 4.81. The number of hydrogen-bond acceptors (Lipinski definition) is 3. The van der Waals surface area contributed by atoms with Gasteiger partial charge in [0.1, 0.15) is 0 Å². The topological polar surface area (TPSA) is 87.4 Å². The summed E-state index contributed by atoms with van der Waals surface area (Å²) in [5, 5.41) is 14.4. The number of phenolic OH excluding ortho intramolecular Hbond substituents is 1. The van der Waals surface area contributed by atoms with Crippen molar-refractivity contribution < 1.29 is 14.3 Å². The van der Waals surface area contributed by atoms with Crippen molar-refractivity contribution in [2.75, 3.05) is 13.1 Å². The van der Waals surface area contributed by atoms with Gasteiger partial charge in [0.2, 0.25) is 0 Å². The van der Waals surface area contributed by atoms with Crippen molar-refractivity contribution in [2.45, 2.75) is 6.54 Å². The highest BCUT2D eigenvalue weighted by molar-refractivity contribution is 5.71. The zero-order valence-electron chi connectivity index (χ0n) is 8.66. The number of phenols is 1. The second-order valence-corrected chi connectivity index (χ2v) is 3.25. The molecule has 0 unspecified atom stereocenters. The summed E-state index contributed by atoms with van der Waals surface area (Å²) >= 11 is 0. The summed E-state index contributed by atoms with van der Waals surface area (Å²) in [6, 6.07) is 3.60. The Balaban J connectivity index is 2.27. The van der Waals surface area contributed by atoms with Gasteiger partial charge in [0.05, 0.1) is 0 Å². The van der Waals surface area contributed by atoms with E-state index in [-0.39, 0.29) is 5.75 Å². The van der Waals surface area contributed by atoms with E-state index in [1.165, 1.54) is 12.1 Å². The van der Waals surface area contributed by atoms with Crippen LogP contribution in [0, 0.1) is 5.82 Å². The Hall–Kier alpha value is -1.82. The fourth-order valence-corrected chi connectivity index (χ4v) is 1.17. The van der Waals surface area contributed by atoms with Gasteiger partial charge in [0.15, 0.2) is 11.6 Å². The molecule has 0 bridgehead atoms. The number of amides is 2. The zero-order valence-corrected chi connectivity index (χ0v) is 8.66. The minimum absolute atomic E-state index is 0.362. The van der Waals surface area contributed by atoms with E-state index in [1.54, 1.807) is 6.07 Å². The Morgan fingerprint density at radius 1 is 1.44 bits per heavy atom. The van der Waals surface area contributed by atoms with Crippen molar-refractivity contribution in [3.63, 3.8) is 0 Å². The van der Waals surface area contributed by atoms with Crippen molar-refractivity contribution in [2.24, 2.45) is 5.73 Å². The minimum atomic E-state index is -0.644. The lowest BCUT2D eigenvalue weighted by molar-refractivity contribution is 0.249. The lowest BCUT2D eigenvalue weighted by Crippen LogP contribution is -2.35. The summed E-state index contributed by atoms with van der Waals surface area (Å²) in [5.74, 6) is -1.01. The fourth-order valence-electron chi connectivity index (χ4n) is 1.17. The third-order valence-electron chi connectivity index (χ3n) is 1.94. The maximum Gasteiger partial charge on any atom is 0.312 e. The first-order valence-corrected chi connectivity index (χ1v) is 4.81. The Kier molecular flexibility index (Phi) is 4.53. The molecule has 0 heterocycles. The van der Waals surface area contributed by atoms with Crippen LogP contribution in [0.15, 0.2) is 18.2 Å². The predicted octanol–water partition coefficient (Wildman–Crippen LogP) is 0.289. The van der Waals surface area contributed by atoms with Crippen LogP contribution in [0.5, 0.6) is 5.75 Å². The summed E-state index contributed by atoms with van der Waals surface area (Å²) < 4.78 is 12.9. The molecule has 16 heavy (non-hydrogen) atoms. The number of urea groups is 1. The molecule has 88 valence electrons. The van der Waals surface area contributed by atoms with Gasteiger partial charge in [-0.2, -0.15) is 0 Å². The van der Waals surface area contributed by atoms with Crippen molar-refractivity contribution in [3.05, 3.63) is 29.6 Å². The van der Waals surface area contributed by atoms with E-state index in [0.717, 1.165) is 5.56 Å². The van der Waals surface area contributed by atoms with Crippen LogP contribution in [0.4, 0.5) is 9.18 Å². The van der Waals surface area contributed by atoms with E-state index in [1.807, 2.05) is 0 Å². The van der Waals surface area contributed by atoms with E-state index in [2.05, 4.69) is 10.6 Å². The van der Waals surface area contributed by atoms with Gasteiger partial charge < -0.3 is 21.5 Å². The molecule has 5 N–H and O–H groups in total. The maximum atomic E-state index is 12.9. The predicted molar refractivity (Wildman–Crippen MR) is 57.4 cm³/mol. The second kappa shape index (κ2) is 5.92. The lowest BCUT2D eigenvalue weighted by Gasteiger charge is -2.05. The van der Waals surface area contributed by atoms with Crippen molar-refractivity contribution >= 4 is 6.03 Å². The molecule has 0 aliphatic heterocycles. The number of benzene rings is 1. The zero-order chi connectivity index (χ0) is 12.0. The average Bonchev–Trinajstić information content (AvgIpc) is 2.22. The van der Waals surface area contributed by atoms with Crippen molar-refractivity contribution in [1.82, 2.24) is 10.6 Å². The van der Waals surface area contributed by atoms with Gasteiger partial charge in [-0.15, -0.1) is 0 Å². The van der Waals surface area contributed by atoms with Crippen LogP contribution in [0.1, 0.15) is 5.56 Å². The van der Waals surface area contributed by atoms with Gasteiger partial charge in [-0.1, -0.05) is 6.07 Å². The van der Waals surface area contributed by atoms with Crippen LogP contribution in [0.25, 0.3) is 0 Å². The van der Waals surface area contributed by atoms with Gasteiger partial charge in [0, 0.05) is 19.6 Å². The van der Waals surface area contributed by atoms with E-state index in [9.17, 15) is 9.18 Å². The van der Waals surface area contributed by atoms with Gasteiger partial charge in [-0.3, -0.25) is 0 Å². The van der Waals surface area contributed by atoms with Gasteiger partial charge in [-0.05, 0) is 17.7 Å². The Labute approximate surface area is 92.5 Å². The van der Waals surface area contributed by atoms with Crippen LogP contribution in [0.2, 0.25) is 0 Å². The number of carbonyl (C=O) groups is 1. The third-order valence-corrected chi connectivity index (χ3v) is 1.94. The van der Waals surface area contributed by atoms with Crippen molar-refractivity contribution in [1.29, 1.82) is 0 Å². The molecule has 0 aliphatic carbocycles. The monoisotopic (exact) mass is 227 g/mol. The van der Waals surface area contributed by atoms with E-state index in [4.69, 9.17) is 10.8 Å². The normalized spacial score (nSPS) is 10.1. The number of nitrogens with two attached hydrogens (primary N) is 1. The Morgan fingerprint density at radius 2 is 2.19 bits per heavy atom. The van der Waals surface area contributed by atoms with E-state index in [0.29, 0.717) is 19.6 Å². The lowest BCUT2D eigenvalue weighted by atomic mass is 10.2. The molecular formula is C10H14FN3O2. The first kappa shape index (κ1) is 12.3. The molecule has 1 aromatic rings. The quantitative estimate of drug-likeness (QED) is 0.545. The van der Waals surface area contributed by atoms with Crippen molar-refractivity contribution in [3.8, 4) is 5.75 Å². The highest BCUT2D eigenvalue weighted by Gasteiger charge is 2.00. The molecule has 0 aliphatic rings. The minimum Gasteiger partial charge on any atom is -0.505 e. The summed E-state index contributed by atoms with van der Waals surface area (Å²) in [4.78, 5) is 10.3. The molecule has 0 fully saturated rings. The number of rotatable bonds is 5. The number of primary amides is 1. The van der Waals surface area contributed by atoms with Crippen LogP contribution in [0.3, 0.4) is 0 Å². The maximum absolute atomic E-state index is 12.9. The first-order chi connectivity index (χ1) is 7.59. The molecule has 1 aromatic carbocycles. The fraction of sp³-hybridized carbons (Fsp3) is 0.300. The van der Waals surface area contributed by atoms with Crippen LogP contribution in [-0.2, 0) is 6.54 Å². The van der Waals surface area contributed by atoms with E-state index >= 15 is 0 Å². The van der Waals surface area contributed by atoms with Crippen LogP contribution in [-0.4, -0.2) is 24.2 Å². The molecular weight excluding hydrogens is 213 g/mol.